The number of benzene rings is 1. The van der Waals surface area contributed by atoms with Crippen LogP contribution in [0.1, 0.15) is 30.9 Å². The van der Waals surface area contributed by atoms with Gasteiger partial charge in [-0.1, -0.05) is 13.3 Å². The molecule has 27 heavy (non-hydrogen) atoms. The molecule has 1 aromatic carbocycles. The van der Waals surface area contributed by atoms with E-state index in [1.807, 2.05) is 13.0 Å². The fourth-order valence-electron chi connectivity index (χ4n) is 2.55. The number of aromatic hydroxyl groups is 1. The van der Waals surface area contributed by atoms with Gasteiger partial charge in [-0.3, -0.25) is 9.36 Å². The lowest BCUT2D eigenvalue weighted by Gasteiger charge is -2.12. The highest BCUT2D eigenvalue weighted by molar-refractivity contribution is 5.58. The van der Waals surface area contributed by atoms with Crippen molar-refractivity contribution in [2.75, 3.05) is 14.2 Å². The Kier molecular flexibility index (Phi) is 6.55. The Morgan fingerprint density at radius 3 is 2.59 bits per heavy atom. The summed E-state index contributed by atoms with van der Waals surface area (Å²) in [5.74, 6) is 0.691. The molecule has 0 aliphatic rings. The van der Waals surface area contributed by atoms with Gasteiger partial charge in [0, 0.05) is 18.2 Å². The van der Waals surface area contributed by atoms with Crippen LogP contribution < -0.4 is 15.0 Å². The van der Waals surface area contributed by atoms with Crippen LogP contribution in [0.5, 0.6) is 17.4 Å². The van der Waals surface area contributed by atoms with Crippen LogP contribution in [0.25, 0.3) is 0 Å². The minimum atomic E-state index is -0.492. The summed E-state index contributed by atoms with van der Waals surface area (Å²) in [5, 5.41) is 27.8. The highest BCUT2D eigenvalue weighted by Gasteiger charge is 2.19. The maximum atomic E-state index is 12.7. The normalized spacial score (nSPS) is 10.8. The van der Waals surface area contributed by atoms with Crippen LogP contribution in [-0.4, -0.2) is 23.9 Å². The van der Waals surface area contributed by atoms with Crippen LogP contribution in [0.3, 0.4) is 0 Å². The number of hydrogen-bond donors (Lipinski definition) is 1. The summed E-state index contributed by atoms with van der Waals surface area (Å²) in [6.45, 7) is 3.83. The second-order valence-electron chi connectivity index (χ2n) is 5.83. The Morgan fingerprint density at radius 1 is 1.26 bits per heavy atom. The van der Waals surface area contributed by atoms with E-state index >= 15 is 0 Å². The van der Waals surface area contributed by atoms with Crippen LogP contribution in [-0.2, 0) is 6.54 Å². The molecule has 8 nitrogen and oxygen atoms in total. The molecule has 0 spiro atoms. The fourth-order valence-corrected chi connectivity index (χ4v) is 2.55. The van der Waals surface area contributed by atoms with Crippen molar-refractivity contribution in [2.24, 2.45) is 10.2 Å². The highest BCUT2D eigenvalue weighted by atomic mass is 16.5. The van der Waals surface area contributed by atoms with Gasteiger partial charge in [0.15, 0.2) is 5.69 Å². The van der Waals surface area contributed by atoms with Gasteiger partial charge in [0.1, 0.15) is 28.8 Å². The van der Waals surface area contributed by atoms with Crippen LogP contribution in [0.4, 0.5) is 11.4 Å². The number of rotatable bonds is 7. The smallest absolute Gasteiger partial charge is 0.281 e. The molecule has 0 saturated carbocycles. The fraction of sp³-hybridized carbons (Fsp3) is 0.368. The van der Waals surface area contributed by atoms with Crippen molar-refractivity contribution in [3.8, 4) is 23.4 Å². The largest absolute Gasteiger partial charge is 0.497 e. The lowest BCUT2D eigenvalue weighted by Crippen LogP contribution is -2.22. The third-order valence-electron chi connectivity index (χ3n) is 4.15. The monoisotopic (exact) mass is 370 g/mol. The average Bonchev–Trinajstić information content (AvgIpc) is 2.68. The minimum absolute atomic E-state index is 0.0123. The highest BCUT2D eigenvalue weighted by Crippen LogP contribution is 2.33. The molecule has 2 aromatic rings. The van der Waals surface area contributed by atoms with Gasteiger partial charge in [-0.05, 0) is 25.5 Å². The van der Waals surface area contributed by atoms with Crippen LogP contribution in [0, 0.1) is 18.3 Å². The molecular formula is C19H22N4O4. The number of azo groups is 1. The predicted octanol–water partition coefficient (Wildman–Crippen LogP) is 3.97. The molecule has 0 aliphatic heterocycles. The van der Waals surface area contributed by atoms with E-state index in [0.29, 0.717) is 30.2 Å². The van der Waals surface area contributed by atoms with E-state index in [4.69, 9.17) is 9.47 Å². The van der Waals surface area contributed by atoms with Gasteiger partial charge in [-0.15, -0.1) is 10.2 Å². The zero-order chi connectivity index (χ0) is 20.0. The summed E-state index contributed by atoms with van der Waals surface area (Å²) in [6.07, 6.45) is 1.52. The van der Waals surface area contributed by atoms with Gasteiger partial charge in [0.05, 0.1) is 14.2 Å². The lowest BCUT2D eigenvalue weighted by atomic mass is 10.1. The van der Waals surface area contributed by atoms with E-state index in [1.165, 1.54) is 14.2 Å². The predicted molar refractivity (Wildman–Crippen MR) is 100 cm³/mol. The third kappa shape index (κ3) is 4.08. The number of methoxy groups -OCH3 is 2. The molecule has 1 heterocycles. The molecule has 1 N–H and O–H groups in total. The number of hydrogen-bond acceptors (Lipinski definition) is 7. The third-order valence-corrected chi connectivity index (χ3v) is 4.15. The van der Waals surface area contributed by atoms with Gasteiger partial charge >= 0.3 is 0 Å². The molecule has 0 fully saturated rings. The SMILES string of the molecule is CCCCn1c(O)c(C#N)c(C)c(N=Nc2ccc(OC)cc2OC)c1=O. The van der Waals surface area contributed by atoms with Crippen LogP contribution >= 0.6 is 0 Å². The first kappa shape index (κ1) is 20.0. The molecule has 142 valence electrons. The Balaban J connectivity index is 2.57. The molecular weight excluding hydrogens is 348 g/mol. The molecule has 2 rings (SSSR count). The Bertz CT molecular complexity index is 958. The van der Waals surface area contributed by atoms with E-state index in [2.05, 4.69) is 10.2 Å². The van der Waals surface area contributed by atoms with Crippen molar-refractivity contribution in [2.45, 2.75) is 33.2 Å². The van der Waals surface area contributed by atoms with E-state index in [1.54, 1.807) is 25.1 Å². The maximum absolute atomic E-state index is 12.7. The van der Waals surface area contributed by atoms with Gasteiger partial charge in [0.25, 0.3) is 5.56 Å². The summed E-state index contributed by atoms with van der Waals surface area (Å²) in [4.78, 5) is 12.7. The summed E-state index contributed by atoms with van der Waals surface area (Å²) in [6, 6.07) is 6.93. The Labute approximate surface area is 157 Å². The summed E-state index contributed by atoms with van der Waals surface area (Å²) < 4.78 is 11.6. The number of unbranched alkanes of at least 4 members (excludes halogenated alkanes) is 1. The summed E-state index contributed by atoms with van der Waals surface area (Å²) in [5.41, 5.74) is 0.223. The summed E-state index contributed by atoms with van der Waals surface area (Å²) >= 11 is 0. The Morgan fingerprint density at radius 2 is 2.00 bits per heavy atom. The Hall–Kier alpha value is -3.34. The van der Waals surface area contributed by atoms with Crippen molar-refractivity contribution in [3.05, 3.63) is 39.7 Å². The minimum Gasteiger partial charge on any atom is -0.497 e. The van der Waals surface area contributed by atoms with Gasteiger partial charge in [0.2, 0.25) is 5.88 Å². The van der Waals surface area contributed by atoms with E-state index in [9.17, 15) is 15.2 Å². The molecule has 0 atom stereocenters. The quantitative estimate of drug-likeness (QED) is 0.742. The zero-order valence-corrected chi connectivity index (χ0v) is 15.8. The number of nitrogens with zero attached hydrogens (tertiary/aromatic N) is 4. The molecule has 0 radical (unpaired) electrons. The zero-order valence-electron chi connectivity index (χ0n) is 15.8. The van der Waals surface area contributed by atoms with Gasteiger partial charge in [-0.2, -0.15) is 5.26 Å². The maximum Gasteiger partial charge on any atom is 0.281 e. The van der Waals surface area contributed by atoms with Crippen molar-refractivity contribution < 1.29 is 14.6 Å². The first-order valence-corrected chi connectivity index (χ1v) is 8.48. The molecule has 0 unspecified atom stereocenters. The van der Waals surface area contributed by atoms with Gasteiger partial charge in [-0.25, -0.2) is 0 Å². The number of nitriles is 1. The summed E-state index contributed by atoms with van der Waals surface area (Å²) in [7, 11) is 3.03. The topological polar surface area (TPSA) is 109 Å². The van der Waals surface area contributed by atoms with E-state index in [0.717, 1.165) is 11.0 Å². The van der Waals surface area contributed by atoms with Crippen LogP contribution in [0.15, 0.2) is 33.2 Å². The molecule has 0 saturated heterocycles. The number of ether oxygens (including phenoxy) is 2. The second kappa shape index (κ2) is 8.85. The molecule has 0 bridgehead atoms. The van der Waals surface area contributed by atoms with Crippen LogP contribution in [0.2, 0.25) is 0 Å². The first-order valence-electron chi connectivity index (χ1n) is 8.48. The molecule has 1 aromatic heterocycles. The molecule has 0 aliphatic carbocycles. The lowest BCUT2D eigenvalue weighted by molar-refractivity contribution is 0.395. The van der Waals surface area contributed by atoms with Gasteiger partial charge < -0.3 is 14.6 Å². The number of aromatic nitrogens is 1. The standard InChI is InChI=1S/C19H22N4O4/c1-5-6-9-23-18(24)14(11-20)12(2)17(19(23)25)22-21-15-8-7-13(26-3)10-16(15)27-4/h7-8,10,24H,5-6,9H2,1-4H3. The molecule has 0 amide bonds. The average molecular weight is 370 g/mol. The van der Waals surface area contributed by atoms with Crippen molar-refractivity contribution >= 4 is 11.4 Å². The van der Waals surface area contributed by atoms with E-state index in [-0.39, 0.29) is 22.7 Å². The van der Waals surface area contributed by atoms with E-state index < -0.39 is 5.56 Å². The number of pyridine rings is 1. The first-order chi connectivity index (χ1) is 13.0. The van der Waals surface area contributed by atoms with Crippen molar-refractivity contribution in [1.29, 1.82) is 5.26 Å². The second-order valence-corrected chi connectivity index (χ2v) is 5.83. The van der Waals surface area contributed by atoms with Crippen molar-refractivity contribution in [1.82, 2.24) is 4.57 Å². The molecule has 8 heteroatoms. The van der Waals surface area contributed by atoms with Crippen molar-refractivity contribution in [3.63, 3.8) is 0 Å².